The molecular weight excluding hydrogens is 246 g/mol. The smallest absolute Gasteiger partial charge is 0.0587 e. The second-order valence-corrected chi connectivity index (χ2v) is 6.28. The fraction of sp³-hybridized carbons (Fsp3) is 0.667. The van der Waals surface area contributed by atoms with E-state index < -0.39 is 0 Å². The normalized spacial score (nSPS) is 14.2. The van der Waals surface area contributed by atoms with Crippen LogP contribution in [0.15, 0.2) is 18.2 Å². The van der Waals surface area contributed by atoms with E-state index in [0.717, 1.165) is 26.1 Å². The van der Waals surface area contributed by atoms with Crippen molar-refractivity contribution in [3.63, 3.8) is 0 Å². The molecule has 1 atom stereocenters. The van der Waals surface area contributed by atoms with Gasteiger partial charge in [0.25, 0.3) is 0 Å². The zero-order chi connectivity index (χ0) is 15.0. The van der Waals surface area contributed by atoms with E-state index in [0.29, 0.717) is 5.41 Å². The van der Waals surface area contributed by atoms with Gasteiger partial charge < -0.3 is 10.1 Å². The van der Waals surface area contributed by atoms with Gasteiger partial charge in [0, 0.05) is 20.2 Å². The molecule has 1 N–H and O–H groups in total. The lowest BCUT2D eigenvalue weighted by molar-refractivity contribution is 0.189. The van der Waals surface area contributed by atoms with Crippen molar-refractivity contribution >= 4 is 0 Å². The van der Waals surface area contributed by atoms with Crippen LogP contribution in [0.4, 0.5) is 0 Å². The van der Waals surface area contributed by atoms with Gasteiger partial charge in [-0.25, -0.2) is 0 Å². The van der Waals surface area contributed by atoms with Gasteiger partial charge in [0.05, 0.1) is 6.61 Å². The topological polar surface area (TPSA) is 21.3 Å². The number of methoxy groups -OCH3 is 1. The van der Waals surface area contributed by atoms with Crippen molar-refractivity contribution in [1.82, 2.24) is 5.32 Å². The first-order chi connectivity index (χ1) is 9.52. The molecule has 20 heavy (non-hydrogen) atoms. The maximum absolute atomic E-state index is 5.11. The number of aryl methyl sites for hydroxylation is 2. The lowest BCUT2D eigenvalue weighted by atomic mass is 9.77. The number of benzene rings is 1. The van der Waals surface area contributed by atoms with Crippen molar-refractivity contribution in [2.24, 2.45) is 5.41 Å². The molecule has 1 unspecified atom stereocenters. The summed E-state index contributed by atoms with van der Waals surface area (Å²) in [4.78, 5) is 0. The van der Waals surface area contributed by atoms with Crippen LogP contribution in [0.25, 0.3) is 0 Å². The molecule has 1 aromatic carbocycles. The third kappa shape index (κ3) is 5.26. The van der Waals surface area contributed by atoms with Crippen molar-refractivity contribution in [3.8, 4) is 0 Å². The van der Waals surface area contributed by atoms with Crippen LogP contribution in [0.2, 0.25) is 0 Å². The van der Waals surface area contributed by atoms with Crippen LogP contribution in [0.3, 0.4) is 0 Å². The summed E-state index contributed by atoms with van der Waals surface area (Å²) in [5.41, 5.74) is 4.68. The van der Waals surface area contributed by atoms with Crippen molar-refractivity contribution < 1.29 is 4.74 Å². The first kappa shape index (κ1) is 17.2. The molecule has 0 heterocycles. The first-order valence-electron chi connectivity index (χ1n) is 7.77. The zero-order valence-corrected chi connectivity index (χ0v) is 13.9. The minimum Gasteiger partial charge on any atom is -0.383 e. The van der Waals surface area contributed by atoms with Crippen molar-refractivity contribution in [3.05, 3.63) is 34.9 Å². The molecular formula is C18H31NO. The number of ether oxygens (including phenoxy) is 1. The maximum Gasteiger partial charge on any atom is 0.0587 e. The summed E-state index contributed by atoms with van der Waals surface area (Å²) in [6, 6.07) is 6.61. The molecule has 0 fully saturated rings. The third-order valence-electron chi connectivity index (χ3n) is 4.14. The fourth-order valence-corrected chi connectivity index (χ4v) is 2.96. The highest BCUT2D eigenvalue weighted by Crippen LogP contribution is 2.30. The Labute approximate surface area is 124 Å². The molecule has 2 heteroatoms. The summed E-state index contributed by atoms with van der Waals surface area (Å²) in [5, 5.41) is 3.55. The quantitative estimate of drug-likeness (QED) is 0.691. The average molecular weight is 277 g/mol. The van der Waals surface area contributed by atoms with Crippen LogP contribution in [0.5, 0.6) is 0 Å². The van der Waals surface area contributed by atoms with Gasteiger partial charge in [-0.05, 0) is 48.8 Å². The van der Waals surface area contributed by atoms with Crippen molar-refractivity contribution in [2.45, 2.75) is 47.0 Å². The molecule has 0 radical (unpaired) electrons. The third-order valence-corrected chi connectivity index (χ3v) is 4.14. The first-order valence-corrected chi connectivity index (χ1v) is 7.77. The van der Waals surface area contributed by atoms with Crippen LogP contribution in [-0.2, 0) is 11.2 Å². The maximum atomic E-state index is 5.11. The molecule has 0 aliphatic heterocycles. The monoisotopic (exact) mass is 277 g/mol. The molecule has 0 aliphatic rings. The van der Waals surface area contributed by atoms with E-state index in [1.807, 2.05) is 0 Å². The minimum atomic E-state index is 0.319. The van der Waals surface area contributed by atoms with Crippen molar-refractivity contribution in [2.75, 3.05) is 26.8 Å². The molecule has 0 aliphatic carbocycles. The van der Waals surface area contributed by atoms with E-state index in [1.165, 1.54) is 29.5 Å². The van der Waals surface area contributed by atoms with Crippen LogP contribution < -0.4 is 5.32 Å². The lowest BCUT2D eigenvalue weighted by Gasteiger charge is -2.31. The number of nitrogens with one attached hydrogen (secondary N) is 1. The number of hydrogen-bond donors (Lipinski definition) is 1. The zero-order valence-electron chi connectivity index (χ0n) is 13.9. The molecule has 1 rings (SSSR count). The summed E-state index contributed by atoms with van der Waals surface area (Å²) in [5.74, 6) is 0. The SMILES string of the molecule is CCCC(C)(CNCCOC)Cc1c(C)cccc1C. The Kier molecular flexibility index (Phi) is 7.25. The number of hydrogen-bond acceptors (Lipinski definition) is 2. The molecule has 0 saturated heterocycles. The van der Waals surface area contributed by atoms with Crippen molar-refractivity contribution in [1.29, 1.82) is 0 Å². The summed E-state index contributed by atoms with van der Waals surface area (Å²) in [7, 11) is 1.75. The largest absolute Gasteiger partial charge is 0.383 e. The van der Waals surface area contributed by atoms with Gasteiger partial charge in [-0.15, -0.1) is 0 Å². The van der Waals surface area contributed by atoms with E-state index in [2.05, 4.69) is 51.2 Å². The highest BCUT2D eigenvalue weighted by molar-refractivity contribution is 5.34. The van der Waals surface area contributed by atoms with Gasteiger partial charge in [-0.3, -0.25) is 0 Å². The van der Waals surface area contributed by atoms with Crippen LogP contribution in [-0.4, -0.2) is 26.8 Å². The molecule has 0 amide bonds. The molecule has 0 aromatic heterocycles. The molecule has 0 spiro atoms. The van der Waals surface area contributed by atoms with Gasteiger partial charge in [0.2, 0.25) is 0 Å². The molecule has 0 saturated carbocycles. The molecule has 0 bridgehead atoms. The highest BCUT2D eigenvalue weighted by atomic mass is 16.5. The molecule has 114 valence electrons. The second kappa shape index (κ2) is 8.43. The second-order valence-electron chi connectivity index (χ2n) is 6.28. The van der Waals surface area contributed by atoms with Crippen LogP contribution in [0, 0.1) is 19.3 Å². The Morgan fingerprint density at radius 2 is 1.85 bits per heavy atom. The van der Waals surface area contributed by atoms with E-state index in [4.69, 9.17) is 4.74 Å². The Morgan fingerprint density at radius 3 is 2.40 bits per heavy atom. The highest BCUT2D eigenvalue weighted by Gasteiger charge is 2.24. The van der Waals surface area contributed by atoms with Crippen LogP contribution in [0.1, 0.15) is 43.4 Å². The predicted molar refractivity (Wildman–Crippen MR) is 87.4 cm³/mol. The van der Waals surface area contributed by atoms with E-state index in [1.54, 1.807) is 7.11 Å². The van der Waals surface area contributed by atoms with Gasteiger partial charge in [-0.2, -0.15) is 0 Å². The predicted octanol–water partition coefficient (Wildman–Crippen LogP) is 3.89. The minimum absolute atomic E-state index is 0.319. The van der Waals surface area contributed by atoms with Crippen LogP contribution >= 0.6 is 0 Å². The van der Waals surface area contributed by atoms with Gasteiger partial charge >= 0.3 is 0 Å². The van der Waals surface area contributed by atoms with Gasteiger partial charge in [-0.1, -0.05) is 38.5 Å². The van der Waals surface area contributed by atoms with E-state index >= 15 is 0 Å². The molecule has 2 nitrogen and oxygen atoms in total. The lowest BCUT2D eigenvalue weighted by Crippen LogP contribution is -2.35. The average Bonchev–Trinajstić information content (AvgIpc) is 2.40. The summed E-state index contributed by atoms with van der Waals surface area (Å²) in [6.45, 7) is 11.9. The number of rotatable bonds is 9. The Bertz CT molecular complexity index is 382. The summed E-state index contributed by atoms with van der Waals surface area (Å²) >= 11 is 0. The Hall–Kier alpha value is -0.860. The Morgan fingerprint density at radius 1 is 1.20 bits per heavy atom. The fourth-order valence-electron chi connectivity index (χ4n) is 2.96. The summed E-state index contributed by atoms with van der Waals surface area (Å²) < 4.78 is 5.11. The molecule has 1 aromatic rings. The Balaban J connectivity index is 2.74. The summed E-state index contributed by atoms with van der Waals surface area (Å²) in [6.07, 6.45) is 3.63. The van der Waals surface area contributed by atoms with Gasteiger partial charge in [0.1, 0.15) is 0 Å². The van der Waals surface area contributed by atoms with Gasteiger partial charge in [0.15, 0.2) is 0 Å². The van der Waals surface area contributed by atoms with E-state index in [9.17, 15) is 0 Å². The van der Waals surface area contributed by atoms with E-state index in [-0.39, 0.29) is 0 Å². The standard InChI is InChI=1S/C18H31NO/c1-6-10-18(4,14-19-11-12-20-5)13-17-15(2)8-7-9-16(17)3/h7-9,19H,6,10-14H2,1-5H3.